The lowest BCUT2D eigenvalue weighted by atomic mass is 10.0. The summed E-state index contributed by atoms with van der Waals surface area (Å²) in [5.41, 5.74) is 5.42. The lowest BCUT2D eigenvalue weighted by Gasteiger charge is -2.33. The molecule has 1 aromatic heterocycles. The zero-order chi connectivity index (χ0) is 24.1. The van der Waals surface area contributed by atoms with E-state index in [4.69, 9.17) is 4.74 Å². The van der Waals surface area contributed by atoms with Crippen LogP contribution in [-0.2, 0) is 31.4 Å². The van der Waals surface area contributed by atoms with Crippen LogP contribution in [-0.4, -0.2) is 33.2 Å². The number of hydrogen-bond acceptors (Lipinski definition) is 4. The number of aromatic nitrogens is 2. The molecule has 0 saturated heterocycles. The maximum absolute atomic E-state index is 13.7. The number of anilines is 1. The van der Waals surface area contributed by atoms with Crippen LogP contribution in [0, 0.1) is 12.8 Å². The zero-order valence-electron chi connectivity index (χ0n) is 20.8. The number of para-hydroxylation sites is 2. The predicted octanol–water partition coefficient (Wildman–Crippen LogP) is 5.11. The third-order valence-electron chi connectivity index (χ3n) is 6.46. The molecule has 0 fully saturated rings. The van der Waals surface area contributed by atoms with E-state index in [9.17, 15) is 4.79 Å². The molecule has 4 rings (SSSR count). The standard InChI is InChI=1S/C28H36N4O2/c1-20(2)15-25-19-34-27-12-8-6-9-22(27)16-29-26-11-7-5-10-24(26)18-32(25)28(33)14-13-23-17-31(4)30-21(23)3/h5-12,17,20,25,29H,13-16,18-19H2,1-4H3/t25-/m0/s1. The van der Waals surface area contributed by atoms with Gasteiger partial charge in [-0.3, -0.25) is 9.48 Å². The fourth-order valence-corrected chi connectivity index (χ4v) is 4.71. The number of amides is 1. The van der Waals surface area contributed by atoms with Crippen LogP contribution in [0.1, 0.15) is 49.1 Å². The van der Waals surface area contributed by atoms with Crippen molar-refractivity contribution in [2.75, 3.05) is 11.9 Å². The number of aryl methyl sites for hydroxylation is 3. The van der Waals surface area contributed by atoms with Gasteiger partial charge >= 0.3 is 0 Å². The lowest BCUT2D eigenvalue weighted by Crippen LogP contribution is -2.44. The molecule has 180 valence electrons. The van der Waals surface area contributed by atoms with E-state index < -0.39 is 0 Å². The first kappa shape index (κ1) is 23.9. The third kappa shape index (κ3) is 5.79. The molecule has 6 heteroatoms. The normalized spacial score (nSPS) is 16.1. The minimum absolute atomic E-state index is 0.0123. The van der Waals surface area contributed by atoms with Crippen LogP contribution in [0.25, 0.3) is 0 Å². The molecule has 3 aromatic rings. The maximum Gasteiger partial charge on any atom is 0.223 e. The van der Waals surface area contributed by atoms with Gasteiger partial charge in [-0.1, -0.05) is 50.2 Å². The van der Waals surface area contributed by atoms with Crippen LogP contribution in [0.2, 0.25) is 0 Å². The van der Waals surface area contributed by atoms with E-state index >= 15 is 0 Å². The number of ether oxygens (including phenoxy) is 1. The second-order valence-electron chi connectivity index (χ2n) is 9.65. The highest BCUT2D eigenvalue weighted by Crippen LogP contribution is 2.27. The second-order valence-corrected chi connectivity index (χ2v) is 9.65. The zero-order valence-corrected chi connectivity index (χ0v) is 20.8. The van der Waals surface area contributed by atoms with Gasteiger partial charge < -0.3 is 15.0 Å². The molecule has 1 atom stereocenters. The Hall–Kier alpha value is -3.28. The fraction of sp³-hybridized carbons (Fsp3) is 0.429. The van der Waals surface area contributed by atoms with Crippen LogP contribution < -0.4 is 10.1 Å². The summed E-state index contributed by atoms with van der Waals surface area (Å²) in [5.74, 6) is 1.47. The SMILES string of the molecule is Cc1nn(C)cc1CCC(=O)N1Cc2ccccc2NCc2ccccc2OC[C@@H]1CC(C)C. The quantitative estimate of drug-likeness (QED) is 0.575. The smallest absolute Gasteiger partial charge is 0.223 e. The fourth-order valence-electron chi connectivity index (χ4n) is 4.71. The number of nitrogens with zero attached hydrogens (tertiary/aromatic N) is 3. The average Bonchev–Trinajstić information content (AvgIpc) is 3.13. The van der Waals surface area contributed by atoms with Gasteiger partial charge in [0.05, 0.1) is 11.7 Å². The summed E-state index contributed by atoms with van der Waals surface area (Å²) in [7, 11) is 1.92. The third-order valence-corrected chi connectivity index (χ3v) is 6.46. The monoisotopic (exact) mass is 460 g/mol. The molecule has 1 aliphatic rings. The average molecular weight is 461 g/mol. The topological polar surface area (TPSA) is 59.4 Å². The van der Waals surface area contributed by atoms with Crippen molar-refractivity contribution in [1.29, 1.82) is 0 Å². The molecule has 2 heterocycles. The van der Waals surface area contributed by atoms with E-state index in [1.54, 1.807) is 0 Å². The summed E-state index contributed by atoms with van der Waals surface area (Å²) in [6.07, 6.45) is 4.04. The summed E-state index contributed by atoms with van der Waals surface area (Å²) in [6.45, 7) is 8.13. The van der Waals surface area contributed by atoms with E-state index in [1.807, 2.05) is 60.1 Å². The van der Waals surface area contributed by atoms with E-state index in [1.165, 1.54) is 0 Å². The van der Waals surface area contributed by atoms with Crippen molar-refractivity contribution in [3.63, 3.8) is 0 Å². The van der Waals surface area contributed by atoms with Crippen LogP contribution in [0.5, 0.6) is 5.75 Å². The first-order valence-corrected chi connectivity index (χ1v) is 12.2. The highest BCUT2D eigenvalue weighted by Gasteiger charge is 2.27. The largest absolute Gasteiger partial charge is 0.491 e. The van der Waals surface area contributed by atoms with E-state index in [0.717, 1.165) is 40.2 Å². The minimum atomic E-state index is -0.0123. The lowest BCUT2D eigenvalue weighted by molar-refractivity contribution is -0.135. The van der Waals surface area contributed by atoms with E-state index in [0.29, 0.717) is 38.5 Å². The summed E-state index contributed by atoms with van der Waals surface area (Å²) in [4.78, 5) is 15.8. The summed E-state index contributed by atoms with van der Waals surface area (Å²) >= 11 is 0. The Balaban J connectivity index is 1.65. The molecule has 1 amide bonds. The molecule has 1 aliphatic heterocycles. The van der Waals surface area contributed by atoms with Crippen molar-refractivity contribution in [2.45, 2.75) is 59.2 Å². The van der Waals surface area contributed by atoms with Gasteiger partial charge in [0.2, 0.25) is 5.91 Å². The molecule has 0 bridgehead atoms. The molecule has 0 radical (unpaired) electrons. The maximum atomic E-state index is 13.7. The number of carbonyl (C=O) groups is 1. The van der Waals surface area contributed by atoms with Crippen LogP contribution in [0.15, 0.2) is 54.7 Å². The molecule has 0 saturated carbocycles. The molecular weight excluding hydrogens is 424 g/mol. The Labute approximate surface area is 202 Å². The second kappa shape index (κ2) is 10.8. The first-order valence-electron chi connectivity index (χ1n) is 12.2. The molecule has 0 unspecified atom stereocenters. The number of carbonyl (C=O) groups excluding carboxylic acids is 1. The van der Waals surface area contributed by atoms with Gasteiger partial charge in [0.15, 0.2) is 0 Å². The van der Waals surface area contributed by atoms with Crippen LogP contribution in [0.3, 0.4) is 0 Å². The van der Waals surface area contributed by atoms with E-state index in [2.05, 4.69) is 42.5 Å². The molecular formula is C28H36N4O2. The van der Waals surface area contributed by atoms with Crippen molar-refractivity contribution >= 4 is 11.6 Å². The number of rotatable bonds is 5. The van der Waals surface area contributed by atoms with Gasteiger partial charge in [0.1, 0.15) is 12.4 Å². The predicted molar refractivity (Wildman–Crippen MR) is 136 cm³/mol. The van der Waals surface area contributed by atoms with Crippen LogP contribution >= 0.6 is 0 Å². The first-order chi connectivity index (χ1) is 16.4. The summed E-state index contributed by atoms with van der Waals surface area (Å²) < 4.78 is 8.17. The number of benzene rings is 2. The Bertz CT molecular complexity index is 1120. The number of hydrogen-bond donors (Lipinski definition) is 1. The molecule has 2 aromatic carbocycles. The van der Waals surface area contributed by atoms with Crippen molar-refractivity contribution < 1.29 is 9.53 Å². The Kier molecular flexibility index (Phi) is 7.56. The van der Waals surface area contributed by atoms with E-state index in [-0.39, 0.29) is 11.9 Å². The summed E-state index contributed by atoms with van der Waals surface area (Å²) in [5, 5.41) is 8.00. The van der Waals surface area contributed by atoms with Crippen molar-refractivity contribution in [3.05, 3.63) is 77.1 Å². The molecule has 34 heavy (non-hydrogen) atoms. The number of fused-ring (bicyclic) bond motifs is 2. The number of nitrogens with one attached hydrogen (secondary N) is 1. The summed E-state index contributed by atoms with van der Waals surface area (Å²) in [6, 6.07) is 16.4. The van der Waals surface area contributed by atoms with Gasteiger partial charge in [-0.05, 0) is 48.9 Å². The Morgan fingerprint density at radius 3 is 2.62 bits per heavy atom. The Morgan fingerprint density at radius 1 is 1.15 bits per heavy atom. The van der Waals surface area contributed by atoms with Crippen molar-refractivity contribution in [1.82, 2.24) is 14.7 Å². The molecule has 6 nitrogen and oxygen atoms in total. The molecule has 0 aliphatic carbocycles. The van der Waals surface area contributed by atoms with Gasteiger partial charge in [-0.25, -0.2) is 0 Å². The van der Waals surface area contributed by atoms with Crippen molar-refractivity contribution in [2.24, 2.45) is 13.0 Å². The Morgan fingerprint density at radius 2 is 1.88 bits per heavy atom. The molecule has 0 spiro atoms. The van der Waals surface area contributed by atoms with Gasteiger partial charge in [-0.15, -0.1) is 0 Å². The van der Waals surface area contributed by atoms with Crippen molar-refractivity contribution in [3.8, 4) is 5.75 Å². The van der Waals surface area contributed by atoms with Gasteiger partial charge in [0.25, 0.3) is 0 Å². The van der Waals surface area contributed by atoms with Gasteiger partial charge in [-0.2, -0.15) is 5.10 Å². The minimum Gasteiger partial charge on any atom is -0.491 e. The van der Waals surface area contributed by atoms with Gasteiger partial charge in [0, 0.05) is 44.0 Å². The van der Waals surface area contributed by atoms with Crippen LogP contribution in [0.4, 0.5) is 5.69 Å². The highest BCUT2D eigenvalue weighted by molar-refractivity contribution is 5.77. The highest BCUT2D eigenvalue weighted by atomic mass is 16.5. The molecule has 1 N–H and O–H groups in total.